The number of non-ortho nitro benzene ring substituents is 1. The molecule has 1 aromatic rings. The monoisotopic (exact) mass is 328 g/mol. The Balaban J connectivity index is 2.10. The maximum atomic E-state index is 12.6. The normalized spacial score (nSPS) is 19.0. The van der Waals surface area contributed by atoms with Crippen molar-refractivity contribution >= 4 is 15.7 Å². The van der Waals surface area contributed by atoms with Crippen LogP contribution in [0.15, 0.2) is 29.2 Å². The Morgan fingerprint density at radius 1 is 1.27 bits per heavy atom. The van der Waals surface area contributed by atoms with Crippen molar-refractivity contribution in [1.82, 2.24) is 4.31 Å². The van der Waals surface area contributed by atoms with Crippen molar-refractivity contribution < 1.29 is 18.2 Å². The van der Waals surface area contributed by atoms with Crippen LogP contribution in [0.3, 0.4) is 0 Å². The first-order valence-electron chi connectivity index (χ1n) is 7.45. The van der Waals surface area contributed by atoms with Crippen LogP contribution in [-0.2, 0) is 10.0 Å². The van der Waals surface area contributed by atoms with Crippen molar-refractivity contribution in [3.05, 3.63) is 34.4 Å². The zero-order chi connectivity index (χ0) is 16.3. The molecule has 1 fully saturated rings. The Bertz CT molecular complexity index is 622. The molecule has 0 aliphatic carbocycles. The topological polar surface area (TPSA) is 85.0 Å². The van der Waals surface area contributed by atoms with E-state index in [0.717, 1.165) is 19.5 Å². The van der Waals surface area contributed by atoms with Crippen molar-refractivity contribution in [2.24, 2.45) is 0 Å². The Labute approximate surface area is 130 Å². The van der Waals surface area contributed by atoms with Crippen molar-refractivity contribution in [3.8, 4) is 0 Å². The minimum absolute atomic E-state index is 0.106. The molecule has 122 valence electrons. The second-order valence-corrected chi connectivity index (χ2v) is 7.56. The van der Waals surface area contributed by atoms with Crippen LogP contribution >= 0.6 is 0 Å². The number of nitro benzene ring substituents is 1. The molecule has 1 aromatic carbocycles. The molecule has 1 aliphatic heterocycles. The van der Waals surface area contributed by atoms with Crippen molar-refractivity contribution in [2.75, 3.05) is 26.2 Å². The van der Waals surface area contributed by atoms with Gasteiger partial charge in [-0.3, -0.25) is 10.1 Å². The lowest BCUT2D eigenvalue weighted by Crippen LogP contribution is -3.17. The van der Waals surface area contributed by atoms with Gasteiger partial charge in [0.1, 0.15) is 0 Å². The van der Waals surface area contributed by atoms with Crippen molar-refractivity contribution in [1.29, 1.82) is 0 Å². The average Bonchev–Trinajstić information content (AvgIpc) is 2.54. The summed E-state index contributed by atoms with van der Waals surface area (Å²) < 4.78 is 26.6. The van der Waals surface area contributed by atoms with E-state index in [-0.39, 0.29) is 10.6 Å². The number of rotatable bonds is 5. The fourth-order valence-electron chi connectivity index (χ4n) is 2.68. The van der Waals surface area contributed by atoms with E-state index in [1.165, 1.54) is 33.5 Å². The number of sulfonamides is 1. The van der Waals surface area contributed by atoms with Crippen LogP contribution in [0.5, 0.6) is 0 Å². The third-order valence-electron chi connectivity index (χ3n) is 4.36. The summed E-state index contributed by atoms with van der Waals surface area (Å²) in [7, 11) is -3.56. The van der Waals surface area contributed by atoms with Gasteiger partial charge in [0.25, 0.3) is 5.69 Å². The first-order valence-corrected chi connectivity index (χ1v) is 8.89. The lowest BCUT2D eigenvalue weighted by atomic mass is 10.2. The number of benzene rings is 1. The molecule has 1 saturated heterocycles. The highest BCUT2D eigenvalue weighted by molar-refractivity contribution is 7.89. The number of hydrogen-bond donors (Lipinski definition) is 1. The Morgan fingerprint density at radius 2 is 1.82 bits per heavy atom. The van der Waals surface area contributed by atoms with E-state index in [1.807, 2.05) is 0 Å². The molecule has 0 unspecified atom stereocenters. The third-order valence-corrected chi connectivity index (χ3v) is 6.27. The summed E-state index contributed by atoms with van der Waals surface area (Å²) in [5.74, 6) is 0. The standard InChI is InChI=1S/C14H21N3O4S/c1-3-12(2)15-8-10-16(11-9-15)22(20,21)14-6-4-13(5-7-14)17(18)19/h4-7,12H,3,8-11H2,1-2H3/p+1/t12-/m0/s1. The first-order chi connectivity index (χ1) is 10.4. The van der Waals surface area contributed by atoms with E-state index < -0.39 is 14.9 Å². The van der Waals surface area contributed by atoms with Crippen LogP contribution in [-0.4, -0.2) is 49.9 Å². The average molecular weight is 328 g/mol. The molecule has 0 radical (unpaired) electrons. The highest BCUT2D eigenvalue weighted by Gasteiger charge is 2.31. The summed E-state index contributed by atoms with van der Waals surface area (Å²) in [6, 6.07) is 5.60. The van der Waals surface area contributed by atoms with Gasteiger partial charge in [-0.2, -0.15) is 4.31 Å². The maximum absolute atomic E-state index is 12.6. The molecule has 2 rings (SSSR count). The molecule has 1 atom stereocenters. The molecular formula is C14H22N3O4S+. The highest BCUT2D eigenvalue weighted by atomic mass is 32.2. The zero-order valence-electron chi connectivity index (χ0n) is 12.9. The first kappa shape index (κ1) is 16.9. The van der Waals surface area contributed by atoms with Gasteiger partial charge < -0.3 is 4.90 Å². The van der Waals surface area contributed by atoms with Gasteiger partial charge in [0.2, 0.25) is 10.0 Å². The van der Waals surface area contributed by atoms with Gasteiger partial charge in [-0.05, 0) is 25.5 Å². The van der Waals surface area contributed by atoms with E-state index >= 15 is 0 Å². The molecule has 1 aliphatic rings. The molecule has 0 amide bonds. The van der Waals surface area contributed by atoms with Crippen LogP contribution in [0.4, 0.5) is 5.69 Å². The SMILES string of the molecule is CC[C@H](C)[NH+]1CCN(S(=O)(=O)c2ccc([N+](=O)[O-])cc2)CC1. The number of nitro groups is 1. The smallest absolute Gasteiger partial charge is 0.269 e. The van der Waals surface area contributed by atoms with Crippen molar-refractivity contribution in [3.63, 3.8) is 0 Å². The maximum Gasteiger partial charge on any atom is 0.269 e. The van der Waals surface area contributed by atoms with Crippen molar-refractivity contribution in [2.45, 2.75) is 31.2 Å². The molecule has 0 saturated carbocycles. The van der Waals surface area contributed by atoms with E-state index in [0.29, 0.717) is 19.1 Å². The quantitative estimate of drug-likeness (QED) is 0.621. The number of nitrogens with zero attached hydrogens (tertiary/aromatic N) is 2. The number of hydrogen-bond acceptors (Lipinski definition) is 4. The fraction of sp³-hybridized carbons (Fsp3) is 0.571. The van der Waals surface area contributed by atoms with Gasteiger partial charge in [-0.15, -0.1) is 0 Å². The molecule has 1 N–H and O–H groups in total. The second-order valence-electron chi connectivity index (χ2n) is 5.62. The highest BCUT2D eigenvalue weighted by Crippen LogP contribution is 2.19. The molecule has 7 nitrogen and oxygen atoms in total. The van der Waals surface area contributed by atoms with Crippen LogP contribution in [0, 0.1) is 10.1 Å². The summed E-state index contributed by atoms with van der Waals surface area (Å²) in [5.41, 5.74) is -0.106. The Morgan fingerprint density at radius 3 is 2.27 bits per heavy atom. The molecule has 0 bridgehead atoms. The molecule has 0 aromatic heterocycles. The largest absolute Gasteiger partial charge is 0.331 e. The Hall–Kier alpha value is -1.51. The number of piperazine rings is 1. The molecule has 0 spiro atoms. The van der Waals surface area contributed by atoms with Crippen LogP contribution < -0.4 is 4.90 Å². The summed E-state index contributed by atoms with van der Waals surface area (Å²) in [4.78, 5) is 11.6. The lowest BCUT2D eigenvalue weighted by molar-refractivity contribution is -0.927. The Kier molecular flexibility index (Phi) is 5.15. The molecule has 22 heavy (non-hydrogen) atoms. The van der Waals surface area contributed by atoms with E-state index in [4.69, 9.17) is 0 Å². The van der Waals surface area contributed by atoms with Crippen LogP contribution in [0.2, 0.25) is 0 Å². The third kappa shape index (κ3) is 3.45. The fourth-order valence-corrected chi connectivity index (χ4v) is 4.13. The van der Waals surface area contributed by atoms with Gasteiger partial charge in [0.05, 0.1) is 42.0 Å². The van der Waals surface area contributed by atoms with E-state index in [1.54, 1.807) is 0 Å². The second kappa shape index (κ2) is 6.72. The summed E-state index contributed by atoms with van der Waals surface area (Å²) in [6.07, 6.45) is 1.07. The summed E-state index contributed by atoms with van der Waals surface area (Å²) in [6.45, 7) is 6.87. The number of nitrogens with one attached hydrogen (secondary N) is 1. The lowest BCUT2D eigenvalue weighted by Gasteiger charge is -2.34. The van der Waals surface area contributed by atoms with Gasteiger partial charge >= 0.3 is 0 Å². The van der Waals surface area contributed by atoms with E-state index in [9.17, 15) is 18.5 Å². The molecule has 1 heterocycles. The van der Waals surface area contributed by atoms with Crippen LogP contribution in [0.25, 0.3) is 0 Å². The van der Waals surface area contributed by atoms with Gasteiger partial charge in [-0.1, -0.05) is 6.92 Å². The predicted molar refractivity (Wildman–Crippen MR) is 82.3 cm³/mol. The zero-order valence-corrected chi connectivity index (χ0v) is 13.7. The van der Waals surface area contributed by atoms with E-state index in [2.05, 4.69) is 13.8 Å². The van der Waals surface area contributed by atoms with Gasteiger partial charge in [-0.25, -0.2) is 8.42 Å². The van der Waals surface area contributed by atoms with Crippen LogP contribution in [0.1, 0.15) is 20.3 Å². The van der Waals surface area contributed by atoms with Gasteiger partial charge in [0.15, 0.2) is 0 Å². The molecular weight excluding hydrogens is 306 g/mol. The predicted octanol–water partition coefficient (Wildman–Crippen LogP) is 0.283. The van der Waals surface area contributed by atoms with Gasteiger partial charge in [0, 0.05) is 12.1 Å². The summed E-state index contributed by atoms with van der Waals surface area (Å²) in [5, 5.41) is 10.6. The number of quaternary nitrogens is 1. The summed E-state index contributed by atoms with van der Waals surface area (Å²) >= 11 is 0. The minimum atomic E-state index is -3.56. The molecule has 8 heteroatoms. The minimum Gasteiger partial charge on any atom is -0.331 e.